The van der Waals surface area contributed by atoms with Gasteiger partial charge in [0.2, 0.25) is 11.2 Å². The van der Waals surface area contributed by atoms with Crippen molar-refractivity contribution in [2.45, 2.75) is 25.8 Å². The maximum Gasteiger partial charge on any atom is 0.343 e. The van der Waals surface area contributed by atoms with Gasteiger partial charge in [-0.3, -0.25) is 4.79 Å². The summed E-state index contributed by atoms with van der Waals surface area (Å²) in [5, 5.41) is 0.169. The molecule has 6 nitrogen and oxygen atoms in total. The number of esters is 1. The fraction of sp³-hybridized carbons (Fsp3) is 0.412. The third-order valence-electron chi connectivity index (χ3n) is 4.04. The number of carbonyl (C=O) groups is 1. The summed E-state index contributed by atoms with van der Waals surface area (Å²) >= 11 is 0. The Bertz CT molecular complexity index is 870. The predicted octanol–water partition coefficient (Wildman–Crippen LogP) is 2.67. The fourth-order valence-corrected chi connectivity index (χ4v) is 2.77. The van der Waals surface area contributed by atoms with E-state index >= 15 is 0 Å². The molecule has 2 aromatic rings. The van der Waals surface area contributed by atoms with Crippen LogP contribution in [0.5, 0.6) is 11.5 Å². The van der Waals surface area contributed by atoms with Crippen LogP contribution >= 0.6 is 0 Å². The van der Waals surface area contributed by atoms with E-state index in [0.29, 0.717) is 5.52 Å². The van der Waals surface area contributed by atoms with Gasteiger partial charge in [-0.2, -0.15) is 4.39 Å². The van der Waals surface area contributed by atoms with Crippen LogP contribution < -0.4 is 14.9 Å². The van der Waals surface area contributed by atoms with E-state index in [-0.39, 0.29) is 35.1 Å². The fourth-order valence-electron chi connectivity index (χ4n) is 2.77. The molecule has 0 amide bonds. The summed E-state index contributed by atoms with van der Waals surface area (Å²) in [5.74, 6) is -1.55. The molecule has 0 atom stereocenters. The van der Waals surface area contributed by atoms with Crippen molar-refractivity contribution in [3.05, 3.63) is 33.9 Å². The minimum atomic E-state index is -0.693. The van der Waals surface area contributed by atoms with E-state index in [0.717, 1.165) is 12.8 Å². The molecule has 1 saturated carbocycles. The lowest BCUT2D eigenvalue weighted by molar-refractivity contribution is 0.0524. The van der Waals surface area contributed by atoms with Gasteiger partial charge < -0.3 is 18.8 Å². The van der Waals surface area contributed by atoms with E-state index < -0.39 is 17.2 Å². The number of hydrogen-bond donors (Lipinski definition) is 0. The summed E-state index contributed by atoms with van der Waals surface area (Å²) in [6, 6.07) is 1.40. The maximum absolute atomic E-state index is 14.5. The highest BCUT2D eigenvalue weighted by atomic mass is 19.1. The van der Waals surface area contributed by atoms with Gasteiger partial charge in [-0.1, -0.05) is 0 Å². The van der Waals surface area contributed by atoms with Gasteiger partial charge in [0.25, 0.3) is 0 Å². The molecule has 0 aliphatic heterocycles. The number of hydrogen-bond acceptors (Lipinski definition) is 5. The van der Waals surface area contributed by atoms with E-state index in [1.807, 2.05) is 0 Å². The Morgan fingerprint density at radius 3 is 2.58 bits per heavy atom. The molecule has 1 aromatic heterocycles. The minimum absolute atomic E-state index is 0.0660. The Balaban J connectivity index is 2.40. The lowest BCUT2D eigenvalue weighted by atomic mass is 10.1. The summed E-state index contributed by atoms with van der Waals surface area (Å²) in [5.41, 5.74) is -0.278. The molecule has 0 bridgehead atoms. The van der Waals surface area contributed by atoms with Gasteiger partial charge in [-0.25, -0.2) is 4.79 Å². The van der Waals surface area contributed by atoms with Crippen molar-refractivity contribution < 1.29 is 23.4 Å². The van der Waals surface area contributed by atoms with Gasteiger partial charge in [0.15, 0.2) is 11.5 Å². The standard InChI is InChI=1S/C17H18FNO5/c1-4-24-17(21)11-8-19(9-5-6-9)14-10(15(11)20)7-12(22-2)13(18)16(14)23-3/h7-9H,4-6H2,1-3H3. The summed E-state index contributed by atoms with van der Waals surface area (Å²) in [4.78, 5) is 24.8. The van der Waals surface area contributed by atoms with E-state index in [1.165, 1.54) is 26.5 Å². The van der Waals surface area contributed by atoms with Gasteiger partial charge in [-0.15, -0.1) is 0 Å². The topological polar surface area (TPSA) is 66.8 Å². The van der Waals surface area contributed by atoms with Crippen LogP contribution in [-0.4, -0.2) is 31.4 Å². The molecular weight excluding hydrogens is 317 g/mol. The number of halogens is 1. The summed E-state index contributed by atoms with van der Waals surface area (Å²) < 4.78 is 31.4. The average molecular weight is 335 g/mol. The molecule has 0 spiro atoms. The van der Waals surface area contributed by atoms with E-state index in [4.69, 9.17) is 14.2 Å². The SMILES string of the molecule is CCOC(=O)c1cn(C2CC2)c2c(OC)c(F)c(OC)cc2c1=O. The number of benzene rings is 1. The van der Waals surface area contributed by atoms with Crippen molar-refractivity contribution in [3.8, 4) is 11.5 Å². The molecule has 128 valence electrons. The Morgan fingerprint density at radius 2 is 2.04 bits per heavy atom. The minimum Gasteiger partial charge on any atom is -0.494 e. The van der Waals surface area contributed by atoms with Gasteiger partial charge in [0.05, 0.1) is 31.7 Å². The second-order valence-electron chi connectivity index (χ2n) is 5.55. The highest BCUT2D eigenvalue weighted by molar-refractivity contribution is 5.96. The molecule has 3 rings (SSSR count). The van der Waals surface area contributed by atoms with Crippen LogP contribution in [0.25, 0.3) is 10.9 Å². The molecule has 0 saturated heterocycles. The quantitative estimate of drug-likeness (QED) is 0.786. The smallest absolute Gasteiger partial charge is 0.343 e. The van der Waals surface area contributed by atoms with Crippen molar-refractivity contribution in [1.82, 2.24) is 4.57 Å². The molecule has 0 unspecified atom stereocenters. The van der Waals surface area contributed by atoms with Crippen LogP contribution in [0.4, 0.5) is 4.39 Å². The van der Waals surface area contributed by atoms with Crippen molar-refractivity contribution in [2.75, 3.05) is 20.8 Å². The molecular formula is C17H18FNO5. The Morgan fingerprint density at radius 1 is 1.33 bits per heavy atom. The number of carbonyl (C=O) groups excluding carboxylic acids is 1. The van der Waals surface area contributed by atoms with Crippen molar-refractivity contribution >= 4 is 16.9 Å². The Kier molecular flexibility index (Phi) is 4.17. The van der Waals surface area contributed by atoms with Crippen LogP contribution in [0.15, 0.2) is 17.1 Å². The van der Waals surface area contributed by atoms with Crippen LogP contribution in [0.2, 0.25) is 0 Å². The monoisotopic (exact) mass is 335 g/mol. The first-order valence-corrected chi connectivity index (χ1v) is 7.69. The third kappa shape index (κ3) is 2.50. The van der Waals surface area contributed by atoms with Crippen LogP contribution in [0, 0.1) is 5.82 Å². The molecule has 0 radical (unpaired) electrons. The zero-order valence-electron chi connectivity index (χ0n) is 13.7. The highest BCUT2D eigenvalue weighted by Gasteiger charge is 2.30. The first kappa shape index (κ1) is 16.3. The number of aromatic nitrogens is 1. The van der Waals surface area contributed by atoms with E-state index in [2.05, 4.69) is 0 Å². The molecule has 24 heavy (non-hydrogen) atoms. The largest absolute Gasteiger partial charge is 0.494 e. The van der Waals surface area contributed by atoms with Gasteiger partial charge in [0, 0.05) is 12.2 Å². The highest BCUT2D eigenvalue weighted by Crippen LogP contribution is 2.41. The zero-order valence-corrected chi connectivity index (χ0v) is 13.7. The first-order chi connectivity index (χ1) is 11.5. The van der Waals surface area contributed by atoms with E-state index in [1.54, 1.807) is 11.5 Å². The number of ether oxygens (including phenoxy) is 3. The number of methoxy groups -OCH3 is 2. The normalized spacial score (nSPS) is 13.8. The number of fused-ring (bicyclic) bond motifs is 1. The Labute approximate surface area is 137 Å². The zero-order chi connectivity index (χ0) is 17.4. The summed E-state index contributed by atoms with van der Waals surface area (Å²) in [7, 11) is 2.64. The Hall–Kier alpha value is -2.57. The molecule has 1 aromatic carbocycles. The second-order valence-corrected chi connectivity index (χ2v) is 5.55. The van der Waals surface area contributed by atoms with Crippen molar-refractivity contribution in [2.24, 2.45) is 0 Å². The lowest BCUT2D eigenvalue weighted by Gasteiger charge is -2.17. The molecule has 7 heteroatoms. The van der Waals surface area contributed by atoms with Crippen LogP contribution in [0.3, 0.4) is 0 Å². The van der Waals surface area contributed by atoms with E-state index in [9.17, 15) is 14.0 Å². The van der Waals surface area contributed by atoms with Crippen LogP contribution in [0.1, 0.15) is 36.2 Å². The molecule has 0 N–H and O–H groups in total. The predicted molar refractivity (Wildman–Crippen MR) is 85.5 cm³/mol. The summed E-state index contributed by atoms with van der Waals surface area (Å²) in [6.45, 7) is 1.83. The van der Waals surface area contributed by atoms with Gasteiger partial charge in [-0.05, 0) is 25.8 Å². The average Bonchev–Trinajstić information content (AvgIpc) is 3.40. The number of nitrogens with zero attached hydrogens (tertiary/aromatic N) is 1. The summed E-state index contributed by atoms with van der Waals surface area (Å²) in [6.07, 6.45) is 3.21. The van der Waals surface area contributed by atoms with Crippen molar-refractivity contribution in [3.63, 3.8) is 0 Å². The third-order valence-corrected chi connectivity index (χ3v) is 4.04. The van der Waals surface area contributed by atoms with Gasteiger partial charge in [0.1, 0.15) is 5.56 Å². The van der Waals surface area contributed by atoms with Crippen LogP contribution in [-0.2, 0) is 4.74 Å². The molecule has 1 fully saturated rings. The number of pyridine rings is 1. The maximum atomic E-state index is 14.5. The molecule has 1 aliphatic rings. The lowest BCUT2D eigenvalue weighted by Crippen LogP contribution is -2.21. The number of rotatable bonds is 5. The molecule has 1 aliphatic carbocycles. The molecule has 1 heterocycles. The van der Waals surface area contributed by atoms with Gasteiger partial charge >= 0.3 is 5.97 Å². The van der Waals surface area contributed by atoms with Crippen molar-refractivity contribution in [1.29, 1.82) is 0 Å². The second kappa shape index (κ2) is 6.14. The first-order valence-electron chi connectivity index (χ1n) is 7.69.